The molecule has 2 rings (SSSR count). The number of primary amides is 1. The Kier molecular flexibility index (Phi) is 6.11. The maximum Gasteiger partial charge on any atom is 0.317 e. The van der Waals surface area contributed by atoms with E-state index < -0.39 is 17.7 Å². The van der Waals surface area contributed by atoms with Gasteiger partial charge in [-0.05, 0) is 43.4 Å². The number of carbonyl (C=O) groups excluding carboxylic acids is 2. The van der Waals surface area contributed by atoms with Crippen LogP contribution in [0, 0.1) is 17.6 Å². The topological polar surface area (TPSA) is 75.4 Å². The highest BCUT2D eigenvalue weighted by Crippen LogP contribution is 2.23. The Hall–Kier alpha value is -2.18. The number of hydrogen-bond acceptors (Lipinski definition) is 2. The summed E-state index contributed by atoms with van der Waals surface area (Å²) in [7, 11) is 0. The van der Waals surface area contributed by atoms with Crippen LogP contribution in [0.15, 0.2) is 18.2 Å². The smallest absolute Gasteiger partial charge is 0.317 e. The maximum atomic E-state index is 13.9. The first kappa shape index (κ1) is 18.2. The molecule has 1 aliphatic rings. The van der Waals surface area contributed by atoms with Crippen molar-refractivity contribution in [2.75, 3.05) is 13.1 Å². The third kappa shape index (κ3) is 4.66. The monoisotopic (exact) mass is 339 g/mol. The molecule has 0 spiro atoms. The van der Waals surface area contributed by atoms with Crippen LogP contribution in [-0.2, 0) is 4.79 Å². The first-order valence-corrected chi connectivity index (χ1v) is 8.19. The Morgan fingerprint density at radius 2 is 2.17 bits per heavy atom. The molecule has 0 unspecified atom stereocenters. The fraction of sp³-hybridized carbons (Fsp3) is 0.529. The molecule has 0 bridgehead atoms. The van der Waals surface area contributed by atoms with Crippen molar-refractivity contribution in [2.24, 2.45) is 11.7 Å². The van der Waals surface area contributed by atoms with Crippen molar-refractivity contribution in [1.82, 2.24) is 10.2 Å². The van der Waals surface area contributed by atoms with Gasteiger partial charge in [0, 0.05) is 25.1 Å². The minimum absolute atomic E-state index is 0.0491. The lowest BCUT2D eigenvalue weighted by atomic mass is 9.95. The lowest BCUT2D eigenvalue weighted by molar-refractivity contribution is -0.119. The number of piperidine rings is 1. The Bertz CT molecular complexity index is 609. The summed E-state index contributed by atoms with van der Waals surface area (Å²) in [5, 5.41) is 2.76. The molecule has 24 heavy (non-hydrogen) atoms. The Morgan fingerprint density at radius 1 is 1.42 bits per heavy atom. The minimum atomic E-state index is -0.607. The minimum Gasteiger partial charge on any atom is -0.370 e. The Balaban J connectivity index is 2.03. The second-order valence-electron chi connectivity index (χ2n) is 6.20. The van der Waals surface area contributed by atoms with Crippen molar-refractivity contribution in [3.8, 4) is 0 Å². The number of carbonyl (C=O) groups is 2. The number of nitrogens with zero attached hydrogens (tertiary/aromatic N) is 1. The van der Waals surface area contributed by atoms with Gasteiger partial charge in [-0.15, -0.1) is 0 Å². The van der Waals surface area contributed by atoms with Gasteiger partial charge in [-0.2, -0.15) is 0 Å². The summed E-state index contributed by atoms with van der Waals surface area (Å²) in [4.78, 5) is 25.1. The van der Waals surface area contributed by atoms with Gasteiger partial charge in [0.2, 0.25) is 5.91 Å². The van der Waals surface area contributed by atoms with Crippen LogP contribution < -0.4 is 11.1 Å². The molecule has 0 aliphatic carbocycles. The predicted molar refractivity (Wildman–Crippen MR) is 86.0 cm³/mol. The third-order valence-electron chi connectivity index (χ3n) is 4.34. The highest BCUT2D eigenvalue weighted by molar-refractivity contribution is 5.76. The lowest BCUT2D eigenvalue weighted by Crippen LogP contribution is -2.47. The number of nitrogens with two attached hydrogens (primary N) is 1. The third-order valence-corrected chi connectivity index (χ3v) is 4.34. The van der Waals surface area contributed by atoms with Crippen molar-refractivity contribution in [3.63, 3.8) is 0 Å². The quantitative estimate of drug-likeness (QED) is 0.865. The van der Waals surface area contributed by atoms with Crippen molar-refractivity contribution >= 4 is 11.9 Å². The van der Waals surface area contributed by atoms with E-state index in [4.69, 9.17) is 5.73 Å². The summed E-state index contributed by atoms with van der Waals surface area (Å²) in [5.74, 6) is -1.42. The highest BCUT2D eigenvalue weighted by atomic mass is 19.1. The van der Waals surface area contributed by atoms with Gasteiger partial charge in [0.1, 0.15) is 11.6 Å². The van der Waals surface area contributed by atoms with E-state index in [1.54, 1.807) is 11.8 Å². The average Bonchev–Trinajstić information content (AvgIpc) is 2.54. The standard InChI is InChI=1S/C17H23F2N3O2/c1-2-15(13-9-12(18)5-6-14(13)19)21-17(24)22-7-3-4-11(10-22)8-16(20)23/h5-6,9,11,15H,2-4,7-8,10H2,1H3,(H2,20,23)(H,21,24)/t11-,15-/m0/s1. The second-order valence-corrected chi connectivity index (χ2v) is 6.20. The van der Waals surface area contributed by atoms with Gasteiger partial charge in [0.25, 0.3) is 0 Å². The number of halogens is 2. The van der Waals surface area contributed by atoms with Crippen molar-refractivity contribution in [3.05, 3.63) is 35.4 Å². The van der Waals surface area contributed by atoms with E-state index in [1.165, 1.54) is 0 Å². The van der Waals surface area contributed by atoms with Gasteiger partial charge in [-0.1, -0.05) is 6.92 Å². The summed E-state index contributed by atoms with van der Waals surface area (Å²) in [5.41, 5.74) is 5.35. The molecule has 3 amide bonds. The van der Waals surface area contributed by atoms with Crippen molar-refractivity contribution in [1.29, 1.82) is 0 Å². The number of nitrogens with one attached hydrogen (secondary N) is 1. The van der Waals surface area contributed by atoms with Gasteiger partial charge in [0.05, 0.1) is 6.04 Å². The SMILES string of the molecule is CC[C@H](NC(=O)N1CCC[C@@H](CC(N)=O)C1)c1cc(F)ccc1F. The molecule has 5 nitrogen and oxygen atoms in total. The number of benzene rings is 1. The zero-order valence-electron chi connectivity index (χ0n) is 13.7. The molecule has 1 aliphatic heterocycles. The number of amides is 3. The van der Waals surface area contributed by atoms with Gasteiger partial charge >= 0.3 is 6.03 Å². The van der Waals surface area contributed by atoms with E-state index in [-0.39, 0.29) is 29.8 Å². The van der Waals surface area contributed by atoms with Gasteiger partial charge in [-0.25, -0.2) is 13.6 Å². The first-order valence-electron chi connectivity index (χ1n) is 8.19. The summed E-state index contributed by atoms with van der Waals surface area (Å²) < 4.78 is 27.3. The van der Waals surface area contributed by atoms with Gasteiger partial charge in [-0.3, -0.25) is 4.79 Å². The van der Waals surface area contributed by atoms with Crippen molar-refractivity contribution < 1.29 is 18.4 Å². The molecule has 1 fully saturated rings. The number of hydrogen-bond donors (Lipinski definition) is 2. The largest absolute Gasteiger partial charge is 0.370 e. The van der Waals surface area contributed by atoms with E-state index >= 15 is 0 Å². The fourth-order valence-electron chi connectivity index (χ4n) is 3.12. The normalized spacial score (nSPS) is 19.0. The zero-order valence-corrected chi connectivity index (χ0v) is 13.7. The molecule has 2 atom stereocenters. The van der Waals surface area contributed by atoms with E-state index in [9.17, 15) is 18.4 Å². The van der Waals surface area contributed by atoms with Crippen LogP contribution in [0.4, 0.5) is 13.6 Å². The van der Waals surface area contributed by atoms with Crippen LogP contribution in [0.2, 0.25) is 0 Å². The molecular formula is C17H23F2N3O2. The summed E-state index contributed by atoms with van der Waals surface area (Å²) in [6, 6.07) is 2.27. The number of rotatable bonds is 5. The van der Waals surface area contributed by atoms with Gasteiger partial charge < -0.3 is 16.0 Å². The van der Waals surface area contributed by atoms with Crippen LogP contribution in [0.3, 0.4) is 0 Å². The lowest BCUT2D eigenvalue weighted by Gasteiger charge is -2.33. The highest BCUT2D eigenvalue weighted by Gasteiger charge is 2.26. The average molecular weight is 339 g/mol. The summed E-state index contributed by atoms with van der Waals surface area (Å²) >= 11 is 0. The molecule has 0 saturated carbocycles. The summed E-state index contributed by atoms with van der Waals surface area (Å²) in [6.07, 6.45) is 2.32. The molecule has 3 N–H and O–H groups in total. The second kappa shape index (κ2) is 8.08. The molecule has 1 heterocycles. The fourth-order valence-corrected chi connectivity index (χ4v) is 3.12. The molecule has 0 radical (unpaired) electrons. The molecule has 1 saturated heterocycles. The van der Waals surface area contributed by atoms with Gasteiger partial charge in [0.15, 0.2) is 0 Å². The van der Waals surface area contributed by atoms with Crippen LogP contribution in [-0.4, -0.2) is 29.9 Å². The number of urea groups is 1. The van der Waals surface area contributed by atoms with E-state index in [1.807, 2.05) is 0 Å². The Labute approximate surface area is 140 Å². The van der Waals surface area contributed by atoms with E-state index in [0.717, 1.165) is 31.0 Å². The Morgan fingerprint density at radius 3 is 2.83 bits per heavy atom. The number of likely N-dealkylation sites (tertiary alicyclic amines) is 1. The molecular weight excluding hydrogens is 316 g/mol. The molecule has 7 heteroatoms. The summed E-state index contributed by atoms with van der Waals surface area (Å²) in [6.45, 7) is 2.81. The zero-order chi connectivity index (χ0) is 17.7. The molecule has 132 valence electrons. The van der Waals surface area contributed by atoms with E-state index in [2.05, 4.69) is 5.32 Å². The van der Waals surface area contributed by atoms with Crippen LogP contribution in [0.25, 0.3) is 0 Å². The van der Waals surface area contributed by atoms with Crippen LogP contribution >= 0.6 is 0 Å². The van der Waals surface area contributed by atoms with E-state index in [0.29, 0.717) is 19.5 Å². The van der Waals surface area contributed by atoms with Crippen molar-refractivity contribution in [2.45, 2.75) is 38.6 Å². The molecule has 0 aromatic heterocycles. The maximum absolute atomic E-state index is 13.9. The molecule has 1 aromatic rings. The van der Waals surface area contributed by atoms with Crippen LogP contribution in [0.1, 0.15) is 44.2 Å². The molecule has 1 aromatic carbocycles. The predicted octanol–water partition coefficient (Wildman–Crippen LogP) is 2.71. The first-order chi connectivity index (χ1) is 11.4. The van der Waals surface area contributed by atoms with Crippen LogP contribution in [0.5, 0.6) is 0 Å².